The van der Waals surface area contributed by atoms with Crippen molar-refractivity contribution in [2.75, 3.05) is 13.2 Å². The third-order valence-electron chi connectivity index (χ3n) is 4.33. The number of ether oxygens (including phenoxy) is 2. The van der Waals surface area contributed by atoms with Gasteiger partial charge in [-0.1, -0.05) is 24.3 Å². The summed E-state index contributed by atoms with van der Waals surface area (Å²) in [6.45, 7) is 3.50. The first kappa shape index (κ1) is 19.3. The summed E-state index contributed by atoms with van der Waals surface area (Å²) < 4.78 is 11.0. The van der Waals surface area contributed by atoms with Crippen LogP contribution in [0.3, 0.4) is 0 Å². The molecule has 142 valence electrons. The van der Waals surface area contributed by atoms with Gasteiger partial charge in [0.25, 0.3) is 5.91 Å². The number of Topliss-reactive ketones (excluding diaryl/α,β-unsaturated/α-hetero) is 1. The van der Waals surface area contributed by atoms with Crippen LogP contribution in [-0.2, 0) is 14.3 Å². The molecule has 27 heavy (non-hydrogen) atoms. The summed E-state index contributed by atoms with van der Waals surface area (Å²) in [6, 6.07) is 12.2. The maximum atomic E-state index is 12.4. The van der Waals surface area contributed by atoms with Crippen LogP contribution in [-0.4, -0.2) is 47.5 Å². The average molecular weight is 387 g/mol. The van der Waals surface area contributed by atoms with Crippen molar-refractivity contribution in [3.63, 3.8) is 0 Å². The minimum Gasteiger partial charge on any atom is -0.460 e. The smallest absolute Gasteiger partial charge is 0.338 e. The van der Waals surface area contributed by atoms with Gasteiger partial charge in [-0.3, -0.25) is 9.59 Å². The van der Waals surface area contributed by atoms with E-state index < -0.39 is 17.7 Å². The zero-order valence-corrected chi connectivity index (χ0v) is 16.0. The summed E-state index contributed by atoms with van der Waals surface area (Å²) >= 11 is 1.36. The molecule has 0 saturated carbocycles. The molecule has 1 atom stereocenters. The van der Waals surface area contributed by atoms with E-state index >= 15 is 0 Å². The molecular formula is C20H21NO5S. The molecule has 1 aliphatic heterocycles. The summed E-state index contributed by atoms with van der Waals surface area (Å²) in [5, 5.41) is 1.83. The Morgan fingerprint density at radius 2 is 1.96 bits per heavy atom. The SMILES string of the molecule is CC(C)(COC(=O)c1ccccc1)N1C(=O)CO[C@@H]1CC(=O)c1cccs1. The van der Waals surface area contributed by atoms with Gasteiger partial charge in [0.1, 0.15) is 19.4 Å². The number of amides is 1. The van der Waals surface area contributed by atoms with Crippen molar-refractivity contribution >= 4 is 29.0 Å². The molecule has 0 unspecified atom stereocenters. The van der Waals surface area contributed by atoms with E-state index in [0.717, 1.165) is 0 Å². The molecule has 2 heterocycles. The van der Waals surface area contributed by atoms with Gasteiger partial charge in [-0.2, -0.15) is 0 Å². The predicted octanol–water partition coefficient (Wildman–Crippen LogP) is 3.14. The van der Waals surface area contributed by atoms with Gasteiger partial charge in [0.05, 0.1) is 22.4 Å². The van der Waals surface area contributed by atoms with Gasteiger partial charge in [-0.05, 0) is 37.4 Å². The second-order valence-corrected chi connectivity index (χ2v) is 7.84. The monoisotopic (exact) mass is 387 g/mol. The van der Waals surface area contributed by atoms with E-state index in [1.807, 2.05) is 17.5 Å². The normalized spacial score (nSPS) is 17.2. The minimum absolute atomic E-state index is 0.000476. The van der Waals surface area contributed by atoms with E-state index in [1.165, 1.54) is 16.2 Å². The van der Waals surface area contributed by atoms with Crippen molar-refractivity contribution in [1.29, 1.82) is 0 Å². The highest BCUT2D eigenvalue weighted by molar-refractivity contribution is 7.12. The molecule has 0 bridgehead atoms. The van der Waals surface area contributed by atoms with Gasteiger partial charge in [0.15, 0.2) is 5.78 Å². The lowest BCUT2D eigenvalue weighted by Crippen LogP contribution is -2.53. The van der Waals surface area contributed by atoms with Crippen LogP contribution in [0.4, 0.5) is 0 Å². The number of nitrogens with zero attached hydrogens (tertiary/aromatic N) is 1. The molecule has 2 aromatic rings. The Labute approximate surface area is 161 Å². The Morgan fingerprint density at radius 3 is 2.63 bits per heavy atom. The van der Waals surface area contributed by atoms with Crippen LogP contribution < -0.4 is 0 Å². The molecule has 0 spiro atoms. The second kappa shape index (κ2) is 8.02. The largest absolute Gasteiger partial charge is 0.460 e. The fraction of sp³-hybridized carbons (Fsp3) is 0.350. The molecular weight excluding hydrogens is 366 g/mol. The van der Waals surface area contributed by atoms with Gasteiger partial charge in [-0.15, -0.1) is 11.3 Å². The van der Waals surface area contributed by atoms with Crippen molar-refractivity contribution in [3.8, 4) is 0 Å². The van der Waals surface area contributed by atoms with Gasteiger partial charge >= 0.3 is 5.97 Å². The van der Waals surface area contributed by atoms with E-state index in [9.17, 15) is 14.4 Å². The number of benzene rings is 1. The molecule has 0 N–H and O–H groups in total. The number of esters is 1. The molecule has 7 heteroatoms. The number of ketones is 1. The molecule has 1 amide bonds. The van der Waals surface area contributed by atoms with E-state index in [0.29, 0.717) is 10.4 Å². The molecule has 0 radical (unpaired) electrons. The van der Waals surface area contributed by atoms with Crippen LogP contribution in [0.5, 0.6) is 0 Å². The number of carbonyl (C=O) groups is 3. The zero-order chi connectivity index (χ0) is 19.4. The maximum absolute atomic E-state index is 12.4. The Bertz CT molecular complexity index is 816. The van der Waals surface area contributed by atoms with Gasteiger partial charge in [-0.25, -0.2) is 4.79 Å². The summed E-state index contributed by atoms with van der Waals surface area (Å²) in [4.78, 5) is 39.1. The number of hydrogen-bond donors (Lipinski definition) is 0. The van der Waals surface area contributed by atoms with Crippen molar-refractivity contribution in [2.45, 2.75) is 32.0 Å². The van der Waals surface area contributed by atoms with Crippen molar-refractivity contribution < 1.29 is 23.9 Å². The van der Waals surface area contributed by atoms with Crippen molar-refractivity contribution in [3.05, 3.63) is 58.3 Å². The highest BCUT2D eigenvalue weighted by atomic mass is 32.1. The summed E-state index contributed by atoms with van der Waals surface area (Å²) in [5.41, 5.74) is -0.361. The molecule has 3 rings (SSSR count). The van der Waals surface area contributed by atoms with Crippen LogP contribution in [0.1, 0.15) is 40.3 Å². The predicted molar refractivity (Wildman–Crippen MR) is 101 cm³/mol. The van der Waals surface area contributed by atoms with Gasteiger partial charge in [0, 0.05) is 0 Å². The quantitative estimate of drug-likeness (QED) is 0.539. The first-order chi connectivity index (χ1) is 12.9. The first-order valence-corrected chi connectivity index (χ1v) is 9.49. The number of carbonyl (C=O) groups excluding carboxylic acids is 3. The van der Waals surface area contributed by atoms with Crippen LogP contribution in [0, 0.1) is 0 Å². The number of thiophene rings is 1. The van der Waals surface area contributed by atoms with Crippen LogP contribution in [0.2, 0.25) is 0 Å². The molecule has 1 aromatic carbocycles. The average Bonchev–Trinajstić information content (AvgIpc) is 3.31. The molecule has 0 aliphatic carbocycles. The highest BCUT2D eigenvalue weighted by Gasteiger charge is 2.43. The van der Waals surface area contributed by atoms with Crippen LogP contribution in [0.15, 0.2) is 47.8 Å². The zero-order valence-electron chi connectivity index (χ0n) is 15.2. The van der Waals surface area contributed by atoms with Crippen molar-refractivity contribution in [1.82, 2.24) is 4.90 Å². The Hall–Kier alpha value is -2.51. The number of rotatable bonds is 7. The summed E-state index contributed by atoms with van der Waals surface area (Å²) in [5.74, 6) is -0.756. The van der Waals surface area contributed by atoms with Gasteiger partial charge < -0.3 is 14.4 Å². The molecule has 1 aromatic heterocycles. The Kier molecular flexibility index (Phi) is 5.72. The summed E-state index contributed by atoms with van der Waals surface area (Å²) in [6.07, 6.45) is -0.597. The van der Waals surface area contributed by atoms with Crippen molar-refractivity contribution in [2.24, 2.45) is 0 Å². The maximum Gasteiger partial charge on any atom is 0.338 e. The van der Waals surface area contributed by atoms with Crippen LogP contribution >= 0.6 is 11.3 Å². The molecule has 1 aliphatic rings. The number of hydrogen-bond acceptors (Lipinski definition) is 6. The van der Waals surface area contributed by atoms with Crippen LogP contribution in [0.25, 0.3) is 0 Å². The summed E-state index contributed by atoms with van der Waals surface area (Å²) in [7, 11) is 0. The molecule has 6 nitrogen and oxygen atoms in total. The minimum atomic E-state index is -0.807. The fourth-order valence-electron chi connectivity index (χ4n) is 3.02. The first-order valence-electron chi connectivity index (χ1n) is 8.61. The van der Waals surface area contributed by atoms with E-state index in [1.54, 1.807) is 44.2 Å². The fourth-order valence-corrected chi connectivity index (χ4v) is 3.69. The lowest BCUT2D eigenvalue weighted by Gasteiger charge is -2.37. The van der Waals surface area contributed by atoms with Gasteiger partial charge in [0.2, 0.25) is 0 Å². The third kappa shape index (κ3) is 4.43. The topological polar surface area (TPSA) is 72.9 Å². The molecule has 1 saturated heterocycles. The highest BCUT2D eigenvalue weighted by Crippen LogP contribution is 2.28. The van der Waals surface area contributed by atoms with E-state index in [-0.39, 0.29) is 31.3 Å². The Balaban J connectivity index is 1.66. The van der Waals surface area contributed by atoms with E-state index in [2.05, 4.69) is 0 Å². The molecule has 1 fully saturated rings. The van der Waals surface area contributed by atoms with E-state index in [4.69, 9.17) is 9.47 Å². The standard InChI is InChI=1S/C20H21NO5S/c1-20(2,13-26-19(24)14-7-4-3-5-8-14)21-17(23)12-25-18(21)11-15(22)16-9-6-10-27-16/h3-10,18H,11-13H2,1-2H3/t18-/m1/s1. The Morgan fingerprint density at radius 1 is 1.22 bits per heavy atom. The second-order valence-electron chi connectivity index (χ2n) is 6.89. The lowest BCUT2D eigenvalue weighted by atomic mass is 10.0. The lowest BCUT2D eigenvalue weighted by molar-refractivity contribution is -0.135. The third-order valence-corrected chi connectivity index (χ3v) is 5.24.